The standard InChI is InChI=1S/C16H18F3N3O4S/c1-15(7-20,9-27(2,24)25)22-14(23)12-5-13(26-8-16(17,18)19)11(6-21-12)10-3-4-10/h5-6,10H,3-4,8-9H2,1-2H3,(H,22,23). The van der Waals surface area contributed by atoms with Gasteiger partial charge in [0.05, 0.1) is 11.8 Å². The quantitative estimate of drug-likeness (QED) is 0.743. The molecule has 148 valence electrons. The first-order chi connectivity index (χ1) is 12.3. The van der Waals surface area contributed by atoms with Crippen LogP contribution in [0, 0.1) is 11.3 Å². The Hall–Kier alpha value is -2.35. The number of nitriles is 1. The highest BCUT2D eigenvalue weighted by molar-refractivity contribution is 7.90. The minimum atomic E-state index is -4.54. The van der Waals surface area contributed by atoms with Crippen LogP contribution >= 0.6 is 0 Å². The second kappa shape index (κ2) is 7.34. The molecule has 1 aromatic heterocycles. The van der Waals surface area contributed by atoms with Crippen LogP contribution in [0.15, 0.2) is 12.3 Å². The maximum absolute atomic E-state index is 12.5. The van der Waals surface area contributed by atoms with E-state index in [2.05, 4.69) is 10.3 Å². The fraction of sp³-hybridized carbons (Fsp3) is 0.562. The van der Waals surface area contributed by atoms with E-state index in [9.17, 15) is 31.6 Å². The lowest BCUT2D eigenvalue weighted by atomic mass is 10.1. The van der Waals surface area contributed by atoms with Crippen molar-refractivity contribution in [3.8, 4) is 11.8 Å². The molecule has 0 bridgehead atoms. The summed E-state index contributed by atoms with van der Waals surface area (Å²) in [5, 5.41) is 11.5. The van der Waals surface area contributed by atoms with Gasteiger partial charge in [0.2, 0.25) is 0 Å². The number of hydrogen-bond donors (Lipinski definition) is 1. The Morgan fingerprint density at radius 3 is 2.56 bits per heavy atom. The molecule has 1 amide bonds. The Bertz CT molecular complexity index is 876. The van der Waals surface area contributed by atoms with E-state index in [1.165, 1.54) is 13.1 Å². The van der Waals surface area contributed by atoms with Crippen LogP contribution in [0.5, 0.6) is 5.75 Å². The molecule has 1 unspecified atom stereocenters. The third-order valence-corrected chi connectivity index (χ3v) is 4.82. The van der Waals surface area contributed by atoms with E-state index >= 15 is 0 Å². The van der Waals surface area contributed by atoms with Crippen LogP contribution in [0.3, 0.4) is 0 Å². The number of aromatic nitrogens is 1. The summed E-state index contributed by atoms with van der Waals surface area (Å²) in [6.07, 6.45) is -0.770. The number of ether oxygens (including phenoxy) is 1. The molecule has 0 radical (unpaired) electrons. The van der Waals surface area contributed by atoms with Gasteiger partial charge in [0.25, 0.3) is 5.91 Å². The first kappa shape index (κ1) is 21.0. The molecule has 2 rings (SSSR count). The number of halogens is 3. The number of carbonyl (C=O) groups is 1. The lowest BCUT2D eigenvalue weighted by Gasteiger charge is -2.22. The van der Waals surface area contributed by atoms with Crippen LogP contribution in [0.2, 0.25) is 0 Å². The Morgan fingerprint density at radius 1 is 1.44 bits per heavy atom. The Balaban J connectivity index is 2.24. The Labute approximate surface area is 154 Å². The summed E-state index contributed by atoms with van der Waals surface area (Å²) in [6.45, 7) is -0.284. The van der Waals surface area contributed by atoms with Crippen molar-refractivity contribution in [2.24, 2.45) is 0 Å². The molecule has 0 aliphatic heterocycles. The van der Waals surface area contributed by atoms with Gasteiger partial charge in [-0.1, -0.05) is 0 Å². The van der Waals surface area contributed by atoms with Crippen LogP contribution in [-0.2, 0) is 9.84 Å². The molecule has 0 spiro atoms. The number of nitrogens with one attached hydrogen (secondary N) is 1. The van der Waals surface area contributed by atoms with Crippen molar-refractivity contribution in [3.05, 3.63) is 23.5 Å². The molecule has 0 saturated heterocycles. The van der Waals surface area contributed by atoms with Crippen molar-refractivity contribution in [2.75, 3.05) is 18.6 Å². The van der Waals surface area contributed by atoms with Crippen LogP contribution < -0.4 is 10.1 Å². The first-order valence-corrected chi connectivity index (χ1v) is 9.99. The fourth-order valence-electron chi connectivity index (χ4n) is 2.49. The van der Waals surface area contributed by atoms with Crippen molar-refractivity contribution in [1.29, 1.82) is 5.26 Å². The normalized spacial score (nSPS) is 16.9. The molecule has 1 aliphatic carbocycles. The summed E-state index contributed by atoms with van der Waals surface area (Å²) in [7, 11) is -3.57. The summed E-state index contributed by atoms with van der Waals surface area (Å²) in [5.74, 6) is -1.58. The van der Waals surface area contributed by atoms with Crippen LogP contribution in [0.1, 0.15) is 41.7 Å². The van der Waals surface area contributed by atoms with Crippen LogP contribution in [0.25, 0.3) is 0 Å². The average molecular weight is 405 g/mol. The Morgan fingerprint density at radius 2 is 2.07 bits per heavy atom. The van der Waals surface area contributed by atoms with Gasteiger partial charge in [0.15, 0.2) is 16.4 Å². The first-order valence-electron chi connectivity index (χ1n) is 7.93. The molecule has 1 heterocycles. The predicted molar refractivity (Wildman–Crippen MR) is 89.0 cm³/mol. The summed E-state index contributed by atoms with van der Waals surface area (Å²) < 4.78 is 65.1. The number of alkyl halides is 3. The smallest absolute Gasteiger partial charge is 0.422 e. The van der Waals surface area contributed by atoms with Crippen molar-refractivity contribution >= 4 is 15.7 Å². The molecule has 1 N–H and O–H groups in total. The van der Waals surface area contributed by atoms with Gasteiger partial charge in [-0.2, -0.15) is 18.4 Å². The lowest BCUT2D eigenvalue weighted by Crippen LogP contribution is -2.49. The van der Waals surface area contributed by atoms with Crippen molar-refractivity contribution in [1.82, 2.24) is 10.3 Å². The van der Waals surface area contributed by atoms with Gasteiger partial charge in [0.1, 0.15) is 17.0 Å². The molecule has 0 aromatic carbocycles. The van der Waals surface area contributed by atoms with Crippen molar-refractivity contribution < 1.29 is 31.1 Å². The highest BCUT2D eigenvalue weighted by Crippen LogP contribution is 2.44. The highest BCUT2D eigenvalue weighted by atomic mass is 32.2. The molecular formula is C16H18F3N3O4S. The monoisotopic (exact) mass is 405 g/mol. The van der Waals surface area contributed by atoms with Gasteiger partial charge in [-0.3, -0.25) is 9.78 Å². The zero-order valence-electron chi connectivity index (χ0n) is 14.6. The SMILES string of the molecule is CC(C#N)(CS(C)(=O)=O)NC(=O)c1cc(OCC(F)(F)F)c(C2CC2)cn1. The lowest BCUT2D eigenvalue weighted by molar-refractivity contribution is -0.153. The maximum atomic E-state index is 12.5. The second-order valence-electron chi connectivity index (χ2n) is 6.75. The van der Waals surface area contributed by atoms with Gasteiger partial charge < -0.3 is 10.1 Å². The van der Waals surface area contributed by atoms with Crippen LogP contribution in [-0.4, -0.2) is 49.6 Å². The molecule has 1 saturated carbocycles. The Kier molecular flexibility index (Phi) is 5.70. The minimum absolute atomic E-state index is 0.0347. The molecule has 1 aromatic rings. The molecule has 1 atom stereocenters. The third kappa shape index (κ3) is 6.39. The van der Waals surface area contributed by atoms with Crippen molar-refractivity contribution in [2.45, 2.75) is 37.4 Å². The van der Waals surface area contributed by atoms with E-state index in [0.717, 1.165) is 25.2 Å². The van der Waals surface area contributed by atoms with Gasteiger partial charge in [0, 0.05) is 24.1 Å². The van der Waals surface area contributed by atoms with Crippen molar-refractivity contribution in [3.63, 3.8) is 0 Å². The molecule has 1 aliphatic rings. The van der Waals surface area contributed by atoms with E-state index < -0.39 is 39.8 Å². The number of carbonyl (C=O) groups excluding carboxylic acids is 1. The number of hydrogen-bond acceptors (Lipinski definition) is 6. The zero-order chi connectivity index (χ0) is 20.5. The van der Waals surface area contributed by atoms with E-state index in [-0.39, 0.29) is 17.4 Å². The molecule has 27 heavy (non-hydrogen) atoms. The third-order valence-electron chi connectivity index (χ3n) is 3.72. The largest absolute Gasteiger partial charge is 0.484 e. The average Bonchev–Trinajstić information content (AvgIpc) is 3.34. The number of pyridine rings is 1. The molecule has 7 nitrogen and oxygen atoms in total. The van der Waals surface area contributed by atoms with E-state index in [4.69, 9.17) is 4.74 Å². The minimum Gasteiger partial charge on any atom is -0.484 e. The van der Waals surface area contributed by atoms with Gasteiger partial charge in [-0.15, -0.1) is 0 Å². The second-order valence-corrected chi connectivity index (χ2v) is 8.89. The molecule has 1 fully saturated rings. The predicted octanol–water partition coefficient (Wildman–Crippen LogP) is 1.96. The van der Waals surface area contributed by atoms with E-state index in [1.807, 2.05) is 0 Å². The van der Waals surface area contributed by atoms with Gasteiger partial charge >= 0.3 is 6.18 Å². The van der Waals surface area contributed by atoms with Gasteiger partial charge in [-0.05, 0) is 25.7 Å². The summed E-state index contributed by atoms with van der Waals surface area (Å²) in [4.78, 5) is 16.3. The van der Waals surface area contributed by atoms with E-state index in [0.29, 0.717) is 5.56 Å². The summed E-state index contributed by atoms with van der Waals surface area (Å²) in [6, 6.07) is 2.79. The topological polar surface area (TPSA) is 109 Å². The molecule has 11 heteroatoms. The number of sulfone groups is 1. The summed E-state index contributed by atoms with van der Waals surface area (Å²) >= 11 is 0. The van der Waals surface area contributed by atoms with E-state index in [1.54, 1.807) is 6.07 Å². The zero-order valence-corrected chi connectivity index (χ0v) is 15.4. The number of amides is 1. The highest BCUT2D eigenvalue weighted by Gasteiger charge is 2.34. The van der Waals surface area contributed by atoms with Gasteiger partial charge in [-0.25, -0.2) is 8.42 Å². The molecular weight excluding hydrogens is 387 g/mol. The maximum Gasteiger partial charge on any atom is 0.422 e. The number of rotatable bonds is 7. The summed E-state index contributed by atoms with van der Waals surface area (Å²) in [5.41, 5.74) is -1.50. The number of nitrogens with zero attached hydrogens (tertiary/aromatic N) is 2. The fourth-order valence-corrected chi connectivity index (χ4v) is 3.68. The van der Waals surface area contributed by atoms with Crippen LogP contribution in [0.4, 0.5) is 13.2 Å².